The average molecular weight is 685 g/mol. The van der Waals surface area contributed by atoms with Gasteiger partial charge in [0.25, 0.3) is 0 Å². The molecule has 218 valence electrons. The number of likely N-dealkylation sites (tertiary alicyclic amines) is 1. The Morgan fingerprint density at radius 2 is 1.95 bits per heavy atom. The Kier molecular flexibility index (Phi) is 11.3. The number of carbonyl (C=O) groups excluding carboxylic acids is 2. The van der Waals surface area contributed by atoms with Gasteiger partial charge in [-0.3, -0.25) is 29.6 Å². The first-order valence-electron chi connectivity index (χ1n) is 13.5. The lowest BCUT2D eigenvalue weighted by Crippen LogP contribution is -2.50. The molecule has 0 radical (unpaired) electrons. The number of nitrogens with zero attached hydrogens (tertiary/aromatic N) is 5. The molecular weight excluding hydrogens is 646 g/mol. The number of pyridine rings is 1. The van der Waals surface area contributed by atoms with Crippen LogP contribution in [-0.2, 0) is 11.3 Å². The fourth-order valence-corrected chi connectivity index (χ4v) is 5.29. The molecule has 3 amide bonds. The number of benzene rings is 1. The van der Waals surface area contributed by atoms with Crippen LogP contribution in [0.4, 0.5) is 14.9 Å². The quantitative estimate of drug-likeness (QED) is 0.238. The Hall–Kier alpha value is -2.29. The van der Waals surface area contributed by atoms with Gasteiger partial charge in [0.05, 0.1) is 29.2 Å². The van der Waals surface area contributed by atoms with E-state index in [1.54, 1.807) is 25.1 Å². The molecule has 0 spiro atoms. The first kappa shape index (κ1) is 32.2. The van der Waals surface area contributed by atoms with Crippen molar-refractivity contribution in [2.75, 3.05) is 24.5 Å². The number of fused-ring (bicyclic) bond motifs is 1. The predicted molar refractivity (Wildman–Crippen MR) is 167 cm³/mol. The van der Waals surface area contributed by atoms with Gasteiger partial charge >= 0.3 is 6.03 Å². The smallest absolute Gasteiger partial charge is 0.328 e. The minimum Gasteiger partial charge on any atom is -0.388 e. The topological polar surface area (TPSA) is 104 Å². The fraction of sp³-hybridized carbons (Fsp3) is 0.500. The zero-order valence-electron chi connectivity index (χ0n) is 23.6. The van der Waals surface area contributed by atoms with Crippen LogP contribution in [0.3, 0.4) is 0 Å². The third kappa shape index (κ3) is 7.12. The fourth-order valence-electron chi connectivity index (χ4n) is 5.29. The number of hydrogen-bond acceptors (Lipinski definition) is 7. The van der Waals surface area contributed by atoms with Gasteiger partial charge in [-0.05, 0) is 72.6 Å². The number of carbonyl (C=O) groups is 2. The number of aliphatic hydroxyl groups is 1. The summed E-state index contributed by atoms with van der Waals surface area (Å²) in [5.74, 6) is -1.16. The van der Waals surface area contributed by atoms with Gasteiger partial charge in [-0.15, -0.1) is 9.80 Å². The summed E-state index contributed by atoms with van der Waals surface area (Å²) in [6, 6.07) is 4.79. The summed E-state index contributed by atoms with van der Waals surface area (Å²) < 4.78 is 17.8. The maximum atomic E-state index is 15.9. The van der Waals surface area contributed by atoms with E-state index >= 15 is 4.39 Å². The number of thiol groups is 1. The molecule has 3 aromatic rings. The van der Waals surface area contributed by atoms with Crippen molar-refractivity contribution < 1.29 is 19.1 Å². The SMILES string of the molecule is CC.CC(C)n1cc(CN2CCC(c3ccc4ncc(N5CCC(=O)NC5=O)cc4c3F)C(C)(O)C2)cn1.SI. The maximum absolute atomic E-state index is 15.9. The van der Waals surface area contributed by atoms with E-state index in [1.165, 1.54) is 11.1 Å². The normalized spacial score (nSPS) is 21.4. The number of rotatable bonds is 5. The van der Waals surface area contributed by atoms with E-state index in [2.05, 4.69) is 43.9 Å². The second-order valence-electron chi connectivity index (χ2n) is 10.3. The summed E-state index contributed by atoms with van der Waals surface area (Å²) in [4.78, 5) is 31.6. The van der Waals surface area contributed by atoms with Crippen molar-refractivity contribution >= 4 is 59.5 Å². The van der Waals surface area contributed by atoms with Crippen LogP contribution in [0.25, 0.3) is 10.9 Å². The van der Waals surface area contributed by atoms with E-state index < -0.39 is 23.4 Å². The Morgan fingerprint density at radius 1 is 1.23 bits per heavy atom. The molecule has 2 atom stereocenters. The molecule has 0 saturated carbocycles. The number of anilines is 1. The third-order valence-electron chi connectivity index (χ3n) is 7.17. The van der Waals surface area contributed by atoms with Crippen molar-refractivity contribution in [1.29, 1.82) is 0 Å². The molecule has 2 fully saturated rings. The number of imide groups is 1. The largest absolute Gasteiger partial charge is 0.388 e. The van der Waals surface area contributed by atoms with E-state index in [4.69, 9.17) is 0 Å². The molecule has 2 saturated heterocycles. The third-order valence-corrected chi connectivity index (χ3v) is 7.17. The lowest BCUT2D eigenvalue weighted by Gasteiger charge is -2.43. The highest BCUT2D eigenvalue weighted by Crippen LogP contribution is 2.39. The lowest BCUT2D eigenvalue weighted by atomic mass is 9.77. The molecule has 2 unspecified atom stereocenters. The summed E-state index contributed by atoms with van der Waals surface area (Å²) in [5, 5.41) is 18.4. The number of amides is 3. The highest BCUT2D eigenvalue weighted by atomic mass is 127. The predicted octanol–water partition coefficient (Wildman–Crippen LogP) is 5.63. The maximum Gasteiger partial charge on any atom is 0.328 e. The van der Waals surface area contributed by atoms with Crippen LogP contribution in [0.5, 0.6) is 0 Å². The van der Waals surface area contributed by atoms with E-state index in [9.17, 15) is 14.7 Å². The van der Waals surface area contributed by atoms with Crippen LogP contribution < -0.4 is 10.2 Å². The molecule has 2 aliphatic rings. The van der Waals surface area contributed by atoms with Crippen molar-refractivity contribution in [3.63, 3.8) is 0 Å². The Balaban J connectivity index is 0.00000106. The van der Waals surface area contributed by atoms with Gasteiger partial charge in [-0.25, -0.2) is 9.18 Å². The molecule has 0 bridgehead atoms. The molecule has 2 aliphatic heterocycles. The number of urea groups is 1. The van der Waals surface area contributed by atoms with Crippen LogP contribution in [0.15, 0.2) is 36.8 Å². The summed E-state index contributed by atoms with van der Waals surface area (Å²) >= 11 is 1.84. The number of β-amino-alcohol motifs (C(OH)–C–C–N with tert-alkyl or cyclic N) is 1. The molecule has 2 N–H and O–H groups in total. The summed E-state index contributed by atoms with van der Waals surface area (Å²) in [7, 11) is 3.50. The Labute approximate surface area is 252 Å². The van der Waals surface area contributed by atoms with Crippen LogP contribution in [0.2, 0.25) is 0 Å². The number of aromatic nitrogens is 3. The number of piperidine rings is 1. The molecule has 9 nitrogen and oxygen atoms in total. The van der Waals surface area contributed by atoms with Crippen LogP contribution >= 0.6 is 31.0 Å². The lowest BCUT2D eigenvalue weighted by molar-refractivity contribution is -0.120. The van der Waals surface area contributed by atoms with Gasteiger partial charge in [-0.1, -0.05) is 19.9 Å². The van der Waals surface area contributed by atoms with E-state index in [1.807, 2.05) is 52.1 Å². The van der Waals surface area contributed by atoms with Crippen LogP contribution in [0, 0.1) is 5.82 Å². The van der Waals surface area contributed by atoms with Crippen molar-refractivity contribution in [2.45, 2.75) is 71.6 Å². The summed E-state index contributed by atoms with van der Waals surface area (Å²) in [5.41, 5.74) is 1.27. The van der Waals surface area contributed by atoms with Gasteiger partial charge in [0.2, 0.25) is 5.91 Å². The highest BCUT2D eigenvalue weighted by Gasteiger charge is 2.40. The molecule has 2 aromatic heterocycles. The average Bonchev–Trinajstić information content (AvgIpc) is 3.40. The van der Waals surface area contributed by atoms with E-state index in [0.29, 0.717) is 42.8 Å². The second kappa shape index (κ2) is 14.1. The molecular formula is C28H38FIN6O3S. The standard InChI is InChI=1S/C26H31FN6O3.C2H6.HIS/c1-16(2)33-14-17(11-29-33)13-31-8-6-21(26(3,36)15-31)19-4-5-22-20(24(19)27)10-18(12-28-22)32-9-7-23(34)30-25(32)35;2*1-2/h4-5,10-12,14,16,21,36H,6-9,13,15H2,1-3H3,(H,30,34,35);1-2H3;2H. The first-order chi connectivity index (χ1) is 19.1. The second-order valence-corrected chi connectivity index (χ2v) is 10.3. The van der Waals surface area contributed by atoms with E-state index in [0.717, 1.165) is 5.56 Å². The monoisotopic (exact) mass is 684 g/mol. The molecule has 0 aliphatic carbocycles. The molecule has 4 heterocycles. The first-order valence-corrected chi connectivity index (χ1v) is 16.7. The number of nitrogens with one attached hydrogen (secondary N) is 1. The van der Waals surface area contributed by atoms with Gasteiger partial charge < -0.3 is 5.11 Å². The van der Waals surface area contributed by atoms with Crippen molar-refractivity contribution in [2.24, 2.45) is 0 Å². The minimum atomic E-state index is -1.14. The van der Waals surface area contributed by atoms with Crippen molar-refractivity contribution in [1.82, 2.24) is 25.0 Å². The van der Waals surface area contributed by atoms with Gasteiger partial charge in [-0.2, -0.15) is 5.10 Å². The zero-order chi connectivity index (χ0) is 29.6. The zero-order valence-corrected chi connectivity index (χ0v) is 26.6. The number of halogens is 2. The number of hydrogen-bond donors (Lipinski definition) is 3. The van der Waals surface area contributed by atoms with E-state index in [-0.39, 0.29) is 30.3 Å². The van der Waals surface area contributed by atoms with Gasteiger partial charge in [0.15, 0.2) is 0 Å². The summed E-state index contributed by atoms with van der Waals surface area (Å²) in [6.45, 7) is 11.9. The molecule has 12 heteroatoms. The van der Waals surface area contributed by atoms with Gasteiger partial charge in [0.1, 0.15) is 5.82 Å². The molecule has 5 rings (SSSR count). The molecule has 40 heavy (non-hydrogen) atoms. The molecule has 1 aromatic carbocycles. The van der Waals surface area contributed by atoms with Crippen molar-refractivity contribution in [3.8, 4) is 0 Å². The Bertz CT molecular complexity index is 1330. The Morgan fingerprint density at radius 3 is 2.58 bits per heavy atom. The van der Waals surface area contributed by atoms with Crippen LogP contribution in [-0.4, -0.2) is 61.9 Å². The van der Waals surface area contributed by atoms with Gasteiger partial charge in [0, 0.05) is 55.2 Å². The van der Waals surface area contributed by atoms with Crippen LogP contribution in [0.1, 0.15) is 70.5 Å². The van der Waals surface area contributed by atoms with Crippen molar-refractivity contribution in [3.05, 3.63) is 53.7 Å². The minimum absolute atomic E-state index is 0.173. The highest BCUT2D eigenvalue weighted by molar-refractivity contribution is 14.2. The summed E-state index contributed by atoms with van der Waals surface area (Å²) in [6.07, 6.45) is 6.15.